The SMILES string of the molecule is CNCC(=Cc1ccc(C)c(C)c1)B1OC(C)(C)C(C)(C)O1. The lowest BCUT2D eigenvalue weighted by molar-refractivity contribution is 0.00578. The maximum atomic E-state index is 6.17. The van der Waals surface area contributed by atoms with E-state index in [1.807, 2.05) is 7.05 Å². The number of nitrogens with one attached hydrogen (secondary N) is 1. The molecule has 1 aliphatic heterocycles. The standard InChI is InChI=1S/C18H28BNO2/c1-13-8-9-15(10-14(13)2)11-16(12-20-7)19-21-17(3,4)18(5,6)22-19/h8-11,20H,12H2,1-7H3. The van der Waals surface area contributed by atoms with Crippen LogP contribution in [0.2, 0.25) is 0 Å². The van der Waals surface area contributed by atoms with Gasteiger partial charge in [0, 0.05) is 6.54 Å². The number of likely N-dealkylation sites (N-methyl/N-ethyl adjacent to an activating group) is 1. The lowest BCUT2D eigenvalue weighted by Gasteiger charge is -2.32. The molecular weight excluding hydrogens is 273 g/mol. The van der Waals surface area contributed by atoms with Gasteiger partial charge in [0.15, 0.2) is 0 Å². The molecule has 1 aliphatic rings. The van der Waals surface area contributed by atoms with E-state index < -0.39 is 0 Å². The van der Waals surface area contributed by atoms with Gasteiger partial charge in [0.2, 0.25) is 0 Å². The molecule has 0 bridgehead atoms. The Morgan fingerprint density at radius 2 is 1.68 bits per heavy atom. The van der Waals surface area contributed by atoms with E-state index in [0.717, 1.165) is 12.0 Å². The molecule has 0 aliphatic carbocycles. The van der Waals surface area contributed by atoms with E-state index in [1.165, 1.54) is 16.7 Å². The molecule has 1 N–H and O–H groups in total. The van der Waals surface area contributed by atoms with Gasteiger partial charge in [0.1, 0.15) is 0 Å². The van der Waals surface area contributed by atoms with Crippen molar-refractivity contribution in [3.05, 3.63) is 40.4 Å². The summed E-state index contributed by atoms with van der Waals surface area (Å²) in [6.07, 6.45) is 2.17. The van der Waals surface area contributed by atoms with Crippen molar-refractivity contribution in [1.82, 2.24) is 5.32 Å². The van der Waals surface area contributed by atoms with Crippen LogP contribution in [0.15, 0.2) is 23.7 Å². The van der Waals surface area contributed by atoms with E-state index in [2.05, 4.69) is 71.1 Å². The third-order valence-electron chi connectivity index (χ3n) is 4.82. The first-order chi connectivity index (χ1) is 10.2. The van der Waals surface area contributed by atoms with Crippen molar-refractivity contribution in [2.75, 3.05) is 13.6 Å². The summed E-state index contributed by atoms with van der Waals surface area (Å²) in [6, 6.07) is 6.50. The fraction of sp³-hybridized carbons (Fsp3) is 0.556. The van der Waals surface area contributed by atoms with Crippen molar-refractivity contribution in [3.8, 4) is 0 Å². The highest BCUT2D eigenvalue weighted by Crippen LogP contribution is 2.38. The van der Waals surface area contributed by atoms with E-state index in [9.17, 15) is 0 Å². The minimum Gasteiger partial charge on any atom is -0.400 e. The quantitative estimate of drug-likeness (QED) is 0.863. The van der Waals surface area contributed by atoms with E-state index >= 15 is 0 Å². The highest BCUT2D eigenvalue weighted by Gasteiger charge is 2.52. The van der Waals surface area contributed by atoms with Gasteiger partial charge in [-0.25, -0.2) is 0 Å². The molecule has 2 rings (SSSR count). The molecule has 0 radical (unpaired) electrons. The molecule has 0 atom stereocenters. The lowest BCUT2D eigenvalue weighted by Crippen LogP contribution is -2.41. The first-order valence-corrected chi connectivity index (χ1v) is 7.94. The summed E-state index contributed by atoms with van der Waals surface area (Å²) in [5.74, 6) is 0. The fourth-order valence-electron chi connectivity index (χ4n) is 2.47. The van der Waals surface area contributed by atoms with Gasteiger partial charge in [0.05, 0.1) is 11.2 Å². The first kappa shape index (κ1) is 17.3. The molecule has 22 heavy (non-hydrogen) atoms. The average Bonchev–Trinajstić information content (AvgIpc) is 2.62. The Hall–Kier alpha value is -1.10. The Labute approximate surface area is 135 Å². The highest BCUT2D eigenvalue weighted by molar-refractivity contribution is 6.55. The Morgan fingerprint density at radius 1 is 1.09 bits per heavy atom. The summed E-state index contributed by atoms with van der Waals surface area (Å²) in [5, 5.41) is 3.22. The zero-order valence-electron chi connectivity index (χ0n) is 14.9. The van der Waals surface area contributed by atoms with Crippen molar-refractivity contribution >= 4 is 13.2 Å². The number of rotatable bonds is 4. The minimum absolute atomic E-state index is 0.306. The maximum absolute atomic E-state index is 6.17. The van der Waals surface area contributed by atoms with Gasteiger partial charge >= 0.3 is 7.12 Å². The molecule has 0 saturated carbocycles. The average molecular weight is 301 g/mol. The number of hydrogen-bond acceptors (Lipinski definition) is 3. The number of benzene rings is 1. The van der Waals surface area contributed by atoms with E-state index in [-0.39, 0.29) is 18.3 Å². The molecule has 0 unspecified atom stereocenters. The summed E-state index contributed by atoms with van der Waals surface area (Å²) in [5.41, 5.74) is 4.28. The van der Waals surface area contributed by atoms with E-state index in [4.69, 9.17) is 9.31 Å². The third-order valence-corrected chi connectivity index (χ3v) is 4.82. The van der Waals surface area contributed by atoms with Gasteiger partial charge in [-0.2, -0.15) is 0 Å². The van der Waals surface area contributed by atoms with Gasteiger partial charge in [-0.3, -0.25) is 0 Å². The molecule has 3 nitrogen and oxygen atoms in total. The largest absolute Gasteiger partial charge is 0.491 e. The zero-order chi connectivity index (χ0) is 16.5. The lowest BCUT2D eigenvalue weighted by atomic mass is 9.77. The van der Waals surface area contributed by atoms with Crippen molar-refractivity contribution < 1.29 is 9.31 Å². The Balaban J connectivity index is 2.31. The van der Waals surface area contributed by atoms with E-state index in [0.29, 0.717) is 0 Å². The van der Waals surface area contributed by atoms with Gasteiger partial charge < -0.3 is 14.6 Å². The monoisotopic (exact) mass is 301 g/mol. The van der Waals surface area contributed by atoms with Crippen LogP contribution in [0.3, 0.4) is 0 Å². The first-order valence-electron chi connectivity index (χ1n) is 7.94. The van der Waals surface area contributed by atoms with E-state index in [1.54, 1.807) is 0 Å². The van der Waals surface area contributed by atoms with Crippen molar-refractivity contribution in [1.29, 1.82) is 0 Å². The molecule has 4 heteroatoms. The Morgan fingerprint density at radius 3 is 2.18 bits per heavy atom. The van der Waals surface area contributed by atoms with Crippen LogP contribution in [-0.2, 0) is 9.31 Å². The van der Waals surface area contributed by atoms with Gasteiger partial charge in [0.25, 0.3) is 0 Å². The predicted molar refractivity (Wildman–Crippen MR) is 93.9 cm³/mol. The molecule has 0 amide bonds. The second-order valence-corrected chi connectivity index (χ2v) is 7.18. The van der Waals surface area contributed by atoms with Crippen molar-refractivity contribution in [2.45, 2.75) is 52.7 Å². The second-order valence-electron chi connectivity index (χ2n) is 7.18. The highest BCUT2D eigenvalue weighted by atomic mass is 16.7. The van der Waals surface area contributed by atoms with Crippen LogP contribution in [0.25, 0.3) is 6.08 Å². The molecule has 1 saturated heterocycles. The number of aryl methyl sites for hydroxylation is 2. The minimum atomic E-state index is -0.312. The van der Waals surface area contributed by atoms with Gasteiger partial charge in [-0.05, 0) is 70.8 Å². The summed E-state index contributed by atoms with van der Waals surface area (Å²) >= 11 is 0. The topological polar surface area (TPSA) is 30.5 Å². The van der Waals surface area contributed by atoms with Gasteiger partial charge in [-0.15, -0.1) is 0 Å². The molecule has 1 heterocycles. The number of hydrogen-bond donors (Lipinski definition) is 1. The molecule has 0 spiro atoms. The van der Waals surface area contributed by atoms with Crippen LogP contribution < -0.4 is 5.32 Å². The Bertz CT molecular complexity index is 562. The second kappa shape index (κ2) is 6.19. The van der Waals surface area contributed by atoms with Crippen LogP contribution in [0.5, 0.6) is 0 Å². The van der Waals surface area contributed by atoms with Crippen LogP contribution in [-0.4, -0.2) is 31.9 Å². The van der Waals surface area contributed by atoms with Crippen molar-refractivity contribution in [3.63, 3.8) is 0 Å². The Kier molecular flexibility index (Phi) is 4.86. The molecule has 1 fully saturated rings. The molecule has 120 valence electrons. The predicted octanol–water partition coefficient (Wildman–Crippen LogP) is 3.54. The van der Waals surface area contributed by atoms with Crippen LogP contribution in [0.1, 0.15) is 44.4 Å². The molecule has 1 aromatic carbocycles. The molecule has 0 aromatic heterocycles. The zero-order valence-corrected chi connectivity index (χ0v) is 14.9. The van der Waals surface area contributed by atoms with Crippen LogP contribution >= 0.6 is 0 Å². The summed E-state index contributed by atoms with van der Waals surface area (Å²) in [6.45, 7) is 13.3. The molecular formula is C18H28BNO2. The summed E-state index contributed by atoms with van der Waals surface area (Å²) in [7, 11) is 1.64. The fourth-order valence-corrected chi connectivity index (χ4v) is 2.47. The molecule has 1 aromatic rings. The smallest absolute Gasteiger partial charge is 0.400 e. The van der Waals surface area contributed by atoms with Crippen molar-refractivity contribution in [2.24, 2.45) is 0 Å². The summed E-state index contributed by atoms with van der Waals surface area (Å²) < 4.78 is 12.3. The summed E-state index contributed by atoms with van der Waals surface area (Å²) in [4.78, 5) is 0. The van der Waals surface area contributed by atoms with Crippen LogP contribution in [0.4, 0.5) is 0 Å². The third kappa shape index (κ3) is 3.45. The van der Waals surface area contributed by atoms with Gasteiger partial charge in [-0.1, -0.05) is 24.3 Å². The normalized spacial score (nSPS) is 20.5. The van der Waals surface area contributed by atoms with Crippen LogP contribution in [0, 0.1) is 13.8 Å². The maximum Gasteiger partial charge on any atom is 0.491 e.